The lowest BCUT2D eigenvalue weighted by Gasteiger charge is -2.35. The quantitative estimate of drug-likeness (QED) is 0.695. The number of hydrogen-bond acceptors (Lipinski definition) is 5. The number of aromatic nitrogens is 2. The normalized spacial score (nSPS) is 18.2. The molecule has 2 N–H and O–H groups in total. The molecule has 2 aliphatic rings. The van der Waals surface area contributed by atoms with Gasteiger partial charge in [0.05, 0.1) is 17.9 Å². The van der Waals surface area contributed by atoms with E-state index >= 15 is 0 Å². The van der Waals surface area contributed by atoms with Crippen LogP contribution in [0.15, 0.2) is 30.5 Å². The molecule has 2 aromatic rings. The van der Waals surface area contributed by atoms with Gasteiger partial charge in [0.25, 0.3) is 5.91 Å². The molecular formula is C20H20F4N6O2. The number of alkyl halides is 3. The Morgan fingerprint density at radius 3 is 2.69 bits per heavy atom. The second-order valence-corrected chi connectivity index (χ2v) is 7.57. The number of urea groups is 1. The number of nitrogens with one attached hydrogen (secondary N) is 2. The van der Waals surface area contributed by atoms with Gasteiger partial charge in [0.2, 0.25) is 0 Å². The predicted octanol–water partition coefficient (Wildman–Crippen LogP) is 3.32. The van der Waals surface area contributed by atoms with Crippen molar-refractivity contribution < 1.29 is 27.2 Å². The number of rotatable bonds is 4. The van der Waals surface area contributed by atoms with Crippen LogP contribution in [0.1, 0.15) is 30.3 Å². The Hall–Kier alpha value is -3.44. The summed E-state index contributed by atoms with van der Waals surface area (Å²) < 4.78 is 52.2. The number of carbonyl (C=O) groups is 2. The molecule has 2 atom stereocenters. The zero-order valence-electron chi connectivity index (χ0n) is 17.0. The second-order valence-electron chi connectivity index (χ2n) is 7.57. The summed E-state index contributed by atoms with van der Waals surface area (Å²) in [5, 5.41) is 4.53. The number of halogens is 4. The van der Waals surface area contributed by atoms with E-state index in [-0.39, 0.29) is 29.8 Å². The molecular weight excluding hydrogens is 432 g/mol. The van der Waals surface area contributed by atoms with Crippen LogP contribution < -0.4 is 20.4 Å². The van der Waals surface area contributed by atoms with Crippen LogP contribution in [0, 0.1) is 5.82 Å². The molecule has 8 nitrogen and oxygen atoms in total. The summed E-state index contributed by atoms with van der Waals surface area (Å²) in [4.78, 5) is 36.9. The van der Waals surface area contributed by atoms with Gasteiger partial charge in [0.15, 0.2) is 5.82 Å². The molecule has 2 aromatic heterocycles. The van der Waals surface area contributed by atoms with E-state index in [4.69, 9.17) is 0 Å². The largest absolute Gasteiger partial charge is 0.408 e. The van der Waals surface area contributed by atoms with Crippen molar-refractivity contribution in [1.82, 2.24) is 15.3 Å². The number of fused-ring (bicyclic) bond motifs is 4. The van der Waals surface area contributed by atoms with Gasteiger partial charge in [-0.2, -0.15) is 13.2 Å². The summed E-state index contributed by atoms with van der Waals surface area (Å²) >= 11 is 0. The van der Waals surface area contributed by atoms with Crippen LogP contribution in [0.3, 0.4) is 0 Å². The molecule has 0 saturated carbocycles. The maximum absolute atomic E-state index is 13.1. The molecule has 170 valence electrons. The fourth-order valence-electron chi connectivity index (χ4n) is 3.87. The number of pyridine rings is 2. The molecule has 12 heteroatoms. The van der Waals surface area contributed by atoms with Crippen molar-refractivity contribution >= 4 is 29.3 Å². The van der Waals surface area contributed by atoms with Gasteiger partial charge in [0, 0.05) is 13.1 Å². The van der Waals surface area contributed by atoms with Crippen molar-refractivity contribution in [2.24, 2.45) is 0 Å². The molecule has 32 heavy (non-hydrogen) atoms. The van der Waals surface area contributed by atoms with E-state index in [2.05, 4.69) is 15.3 Å². The lowest BCUT2D eigenvalue weighted by Crippen LogP contribution is -2.49. The minimum atomic E-state index is -4.59. The van der Waals surface area contributed by atoms with Crippen molar-refractivity contribution in [3.05, 3.63) is 42.0 Å². The van der Waals surface area contributed by atoms with Crippen molar-refractivity contribution in [3.8, 4) is 0 Å². The van der Waals surface area contributed by atoms with E-state index in [1.54, 1.807) is 6.07 Å². The van der Waals surface area contributed by atoms with E-state index in [1.807, 2.05) is 10.2 Å². The van der Waals surface area contributed by atoms with E-state index < -0.39 is 30.0 Å². The van der Waals surface area contributed by atoms with Crippen LogP contribution >= 0.6 is 0 Å². The van der Waals surface area contributed by atoms with Crippen LogP contribution in [0.2, 0.25) is 0 Å². The van der Waals surface area contributed by atoms with Gasteiger partial charge >= 0.3 is 12.2 Å². The van der Waals surface area contributed by atoms with Crippen LogP contribution in [-0.4, -0.2) is 53.3 Å². The summed E-state index contributed by atoms with van der Waals surface area (Å²) in [5.41, 5.74) is 0.368. The summed E-state index contributed by atoms with van der Waals surface area (Å²) in [5.74, 6) is -1.24. The van der Waals surface area contributed by atoms with Gasteiger partial charge in [-0.25, -0.2) is 19.2 Å². The van der Waals surface area contributed by atoms with Crippen LogP contribution in [0.25, 0.3) is 0 Å². The van der Waals surface area contributed by atoms with Crippen LogP contribution in [0.4, 0.5) is 39.7 Å². The van der Waals surface area contributed by atoms with Crippen molar-refractivity contribution in [2.45, 2.75) is 38.0 Å². The number of anilines is 3. The average molecular weight is 452 g/mol. The second kappa shape index (κ2) is 8.24. The van der Waals surface area contributed by atoms with Gasteiger partial charge in [0.1, 0.15) is 23.4 Å². The van der Waals surface area contributed by atoms with Gasteiger partial charge in [-0.1, -0.05) is 6.92 Å². The van der Waals surface area contributed by atoms with E-state index in [9.17, 15) is 27.2 Å². The zero-order valence-corrected chi connectivity index (χ0v) is 17.0. The Kier molecular flexibility index (Phi) is 5.61. The molecule has 1 unspecified atom stereocenters. The van der Waals surface area contributed by atoms with Crippen molar-refractivity contribution in [2.75, 3.05) is 28.2 Å². The van der Waals surface area contributed by atoms with Crippen molar-refractivity contribution in [3.63, 3.8) is 0 Å². The molecule has 1 fully saturated rings. The minimum absolute atomic E-state index is 0.128. The fraction of sp³-hybridized carbons (Fsp3) is 0.400. The van der Waals surface area contributed by atoms with Gasteiger partial charge in [-0.3, -0.25) is 15.0 Å². The van der Waals surface area contributed by atoms with E-state index in [0.29, 0.717) is 25.2 Å². The van der Waals surface area contributed by atoms with Gasteiger partial charge in [-0.05, 0) is 37.1 Å². The van der Waals surface area contributed by atoms with E-state index in [0.717, 1.165) is 12.3 Å². The Bertz CT molecular complexity index is 1030. The molecule has 0 radical (unpaired) electrons. The van der Waals surface area contributed by atoms with Gasteiger partial charge in [-0.15, -0.1) is 0 Å². The first-order valence-corrected chi connectivity index (χ1v) is 10.0. The number of nitrogens with zero attached hydrogens (tertiary/aromatic N) is 4. The first-order chi connectivity index (χ1) is 15.2. The lowest BCUT2D eigenvalue weighted by atomic mass is 10.1. The smallest absolute Gasteiger partial charge is 0.366 e. The monoisotopic (exact) mass is 452 g/mol. The summed E-state index contributed by atoms with van der Waals surface area (Å²) in [6.07, 6.45) is -3.30. The highest BCUT2D eigenvalue weighted by Gasteiger charge is 2.42. The molecule has 1 saturated heterocycles. The third kappa shape index (κ3) is 4.16. The molecule has 0 spiro atoms. The number of hydrogen-bond donors (Lipinski definition) is 2. The third-order valence-corrected chi connectivity index (χ3v) is 5.47. The molecule has 2 bridgehead atoms. The predicted molar refractivity (Wildman–Crippen MR) is 108 cm³/mol. The molecule has 4 rings (SSSR count). The first-order valence-electron chi connectivity index (χ1n) is 10.0. The summed E-state index contributed by atoms with van der Waals surface area (Å²) in [6.45, 7) is 2.53. The van der Waals surface area contributed by atoms with Crippen LogP contribution in [0.5, 0.6) is 0 Å². The molecule has 4 heterocycles. The van der Waals surface area contributed by atoms with Crippen molar-refractivity contribution in [1.29, 1.82) is 0 Å². The molecule has 0 aliphatic carbocycles. The highest BCUT2D eigenvalue weighted by atomic mass is 19.4. The van der Waals surface area contributed by atoms with E-state index in [1.165, 1.54) is 24.0 Å². The maximum atomic E-state index is 13.1. The Labute approximate surface area is 180 Å². The Morgan fingerprint density at radius 1 is 1.25 bits per heavy atom. The topological polar surface area (TPSA) is 90.5 Å². The Morgan fingerprint density at radius 2 is 2.03 bits per heavy atom. The SMILES string of the molecule is CCC(NC(=O)c1ccc2c(n1)N(C(=O)Nc1ccc(F)cn1)[C@H]1CCN2C1)C(F)(F)F. The van der Waals surface area contributed by atoms with Gasteiger partial charge < -0.3 is 10.2 Å². The first kappa shape index (κ1) is 21.8. The summed E-state index contributed by atoms with van der Waals surface area (Å²) in [7, 11) is 0. The zero-order chi connectivity index (χ0) is 23.0. The number of carbonyl (C=O) groups excluding carboxylic acids is 2. The Balaban J connectivity index is 1.62. The summed E-state index contributed by atoms with van der Waals surface area (Å²) in [6, 6.07) is 2.54. The average Bonchev–Trinajstić information content (AvgIpc) is 3.16. The standard InChI is InChI=1S/C20H20F4N6O2/c1-2-15(20(22,23)24)27-18(31)13-4-5-14-17(26-13)30(12-7-8-29(14)10-12)19(32)28-16-6-3-11(21)9-25-16/h3-6,9,12,15H,2,7-8,10H2,1H3,(H,27,31)(H,25,28,32)/t12-,15?/m0/s1. The minimum Gasteiger partial charge on any atom is -0.366 e. The maximum Gasteiger partial charge on any atom is 0.408 e. The fourth-order valence-corrected chi connectivity index (χ4v) is 3.87. The molecule has 0 aromatic carbocycles. The third-order valence-electron chi connectivity index (χ3n) is 5.47. The van der Waals surface area contributed by atoms with Crippen LogP contribution in [-0.2, 0) is 0 Å². The lowest BCUT2D eigenvalue weighted by molar-refractivity contribution is -0.153. The molecule has 2 aliphatic heterocycles. The number of amides is 3. The molecule has 3 amide bonds. The highest BCUT2D eigenvalue weighted by molar-refractivity contribution is 6.05. The highest BCUT2D eigenvalue weighted by Crippen LogP contribution is 2.39.